The monoisotopic (exact) mass is 330 g/mol. The van der Waals surface area contributed by atoms with E-state index in [9.17, 15) is 9.59 Å². The van der Waals surface area contributed by atoms with Crippen molar-refractivity contribution in [1.29, 1.82) is 0 Å². The number of nitrogens with one attached hydrogen (secondary N) is 1. The molecule has 2 bridgehead atoms. The lowest BCUT2D eigenvalue weighted by Crippen LogP contribution is -2.34. The van der Waals surface area contributed by atoms with Crippen LogP contribution in [0.15, 0.2) is 11.3 Å². The fourth-order valence-corrected chi connectivity index (χ4v) is 4.35. The number of Topliss-reactive ketones (excluding diaryl/α,β-unsaturated/α-hetero) is 1. The van der Waals surface area contributed by atoms with Gasteiger partial charge in [0.2, 0.25) is 0 Å². The number of hydrogen-bond donors (Lipinski definition) is 1. The van der Waals surface area contributed by atoms with E-state index in [-0.39, 0.29) is 29.1 Å². The molecular formula is C18H26N4O2. The standard InChI is InChI=1S/C18H26N4O2/c1-11-14(12(2)23)9-22(21-11)10-16(24)20-19-15-8-13-6-7-18(15,5)17(13,3)4/h9,13H,6-8,10H2,1-5H3,(H,20,24). The van der Waals surface area contributed by atoms with Crippen LogP contribution in [0.3, 0.4) is 0 Å². The number of rotatable bonds is 4. The highest BCUT2D eigenvalue weighted by atomic mass is 16.2. The summed E-state index contributed by atoms with van der Waals surface area (Å²) in [7, 11) is 0. The first-order chi connectivity index (χ1) is 11.1. The molecular weight excluding hydrogens is 304 g/mol. The number of aromatic nitrogens is 2. The van der Waals surface area contributed by atoms with Crippen LogP contribution in [-0.4, -0.2) is 27.2 Å². The van der Waals surface area contributed by atoms with Crippen molar-refractivity contribution < 1.29 is 9.59 Å². The molecule has 130 valence electrons. The lowest BCUT2D eigenvalue weighted by Gasteiger charge is -2.34. The number of nitrogens with zero attached hydrogens (tertiary/aromatic N) is 3. The van der Waals surface area contributed by atoms with E-state index >= 15 is 0 Å². The summed E-state index contributed by atoms with van der Waals surface area (Å²) in [5.41, 5.74) is 5.31. The van der Waals surface area contributed by atoms with Crippen molar-refractivity contribution >= 4 is 17.4 Å². The maximum absolute atomic E-state index is 12.2. The Morgan fingerprint density at radius 2 is 2.12 bits per heavy atom. The molecule has 2 aliphatic rings. The van der Waals surface area contributed by atoms with Crippen LogP contribution in [-0.2, 0) is 11.3 Å². The molecule has 1 aromatic heterocycles. The second-order valence-corrected chi connectivity index (χ2v) is 7.97. The molecule has 0 aromatic carbocycles. The van der Waals surface area contributed by atoms with Gasteiger partial charge in [0.1, 0.15) is 6.54 Å². The van der Waals surface area contributed by atoms with E-state index in [1.165, 1.54) is 18.0 Å². The first-order valence-corrected chi connectivity index (χ1v) is 8.56. The Labute approximate surface area is 142 Å². The van der Waals surface area contributed by atoms with Gasteiger partial charge in [-0.2, -0.15) is 10.2 Å². The minimum absolute atomic E-state index is 0.0449. The molecule has 24 heavy (non-hydrogen) atoms. The Kier molecular flexibility index (Phi) is 3.89. The number of carbonyl (C=O) groups excluding carboxylic acids is 2. The Bertz CT molecular complexity index is 731. The second kappa shape index (κ2) is 5.53. The average Bonchev–Trinajstić information content (AvgIpc) is 3.02. The summed E-state index contributed by atoms with van der Waals surface area (Å²) in [5, 5.41) is 8.66. The number of hydrogen-bond acceptors (Lipinski definition) is 4. The van der Waals surface area contributed by atoms with Crippen LogP contribution in [0.1, 0.15) is 63.0 Å². The summed E-state index contributed by atoms with van der Waals surface area (Å²) >= 11 is 0. The van der Waals surface area contributed by atoms with Crippen LogP contribution < -0.4 is 5.43 Å². The van der Waals surface area contributed by atoms with E-state index in [1.807, 2.05) is 0 Å². The number of ketones is 1. The first kappa shape index (κ1) is 16.9. The quantitative estimate of drug-likeness (QED) is 0.681. The molecule has 6 nitrogen and oxygen atoms in total. The first-order valence-electron chi connectivity index (χ1n) is 8.56. The highest BCUT2D eigenvalue weighted by Gasteiger charge is 2.59. The molecule has 2 unspecified atom stereocenters. The Balaban J connectivity index is 1.67. The smallest absolute Gasteiger partial charge is 0.261 e. The molecule has 0 aliphatic heterocycles. The van der Waals surface area contributed by atoms with Crippen LogP contribution in [0.5, 0.6) is 0 Å². The largest absolute Gasteiger partial charge is 0.294 e. The van der Waals surface area contributed by atoms with Crippen LogP contribution >= 0.6 is 0 Å². The van der Waals surface area contributed by atoms with E-state index in [4.69, 9.17) is 0 Å². The zero-order valence-corrected chi connectivity index (χ0v) is 15.1. The van der Waals surface area contributed by atoms with Crippen molar-refractivity contribution in [1.82, 2.24) is 15.2 Å². The summed E-state index contributed by atoms with van der Waals surface area (Å²) in [6.45, 7) is 10.2. The number of amides is 1. The third-order valence-electron chi connectivity index (χ3n) is 6.46. The number of carbonyl (C=O) groups is 2. The van der Waals surface area contributed by atoms with Crippen LogP contribution in [0, 0.1) is 23.7 Å². The van der Waals surface area contributed by atoms with E-state index in [0.29, 0.717) is 17.2 Å². The van der Waals surface area contributed by atoms with E-state index in [2.05, 4.69) is 36.4 Å². The number of hydrazone groups is 1. The molecule has 3 rings (SSSR count). The normalized spacial score (nSPS) is 29.2. The Morgan fingerprint density at radius 3 is 2.62 bits per heavy atom. The summed E-state index contributed by atoms with van der Waals surface area (Å²) in [6, 6.07) is 0. The minimum Gasteiger partial charge on any atom is -0.294 e. The predicted molar refractivity (Wildman–Crippen MR) is 91.8 cm³/mol. The zero-order valence-electron chi connectivity index (χ0n) is 15.1. The van der Waals surface area contributed by atoms with Crippen molar-refractivity contribution in [2.75, 3.05) is 0 Å². The van der Waals surface area contributed by atoms with Crippen molar-refractivity contribution in [3.63, 3.8) is 0 Å². The molecule has 2 saturated carbocycles. The highest BCUT2D eigenvalue weighted by Crippen LogP contribution is 2.63. The second-order valence-electron chi connectivity index (χ2n) is 7.97. The zero-order chi connectivity index (χ0) is 17.7. The van der Waals surface area contributed by atoms with Gasteiger partial charge in [0.25, 0.3) is 5.91 Å². The molecule has 2 aliphatic carbocycles. The summed E-state index contributed by atoms with van der Waals surface area (Å²) < 4.78 is 1.49. The summed E-state index contributed by atoms with van der Waals surface area (Å²) in [5.74, 6) is 0.394. The molecule has 0 saturated heterocycles. The van der Waals surface area contributed by atoms with Gasteiger partial charge in [0.15, 0.2) is 5.78 Å². The summed E-state index contributed by atoms with van der Waals surface area (Å²) in [4.78, 5) is 23.6. The fraction of sp³-hybridized carbons (Fsp3) is 0.667. The lowest BCUT2D eigenvalue weighted by atomic mass is 9.70. The van der Waals surface area contributed by atoms with E-state index < -0.39 is 0 Å². The highest BCUT2D eigenvalue weighted by molar-refractivity contribution is 5.95. The van der Waals surface area contributed by atoms with Crippen molar-refractivity contribution in [2.45, 2.75) is 60.4 Å². The molecule has 0 radical (unpaired) electrons. The van der Waals surface area contributed by atoms with Gasteiger partial charge in [0, 0.05) is 17.3 Å². The van der Waals surface area contributed by atoms with Gasteiger partial charge < -0.3 is 0 Å². The Morgan fingerprint density at radius 1 is 1.42 bits per heavy atom. The predicted octanol–water partition coefficient (Wildman–Crippen LogP) is 2.71. The third kappa shape index (κ3) is 2.48. The molecule has 2 atom stereocenters. The van der Waals surface area contributed by atoms with Gasteiger partial charge in [0.05, 0.1) is 11.3 Å². The molecule has 0 spiro atoms. The molecule has 1 amide bonds. The van der Waals surface area contributed by atoms with Crippen LogP contribution in [0.2, 0.25) is 0 Å². The maximum atomic E-state index is 12.2. The Hall–Kier alpha value is -1.98. The van der Waals surface area contributed by atoms with Crippen molar-refractivity contribution in [2.24, 2.45) is 21.8 Å². The van der Waals surface area contributed by atoms with Gasteiger partial charge in [-0.25, -0.2) is 5.43 Å². The number of aryl methyl sites for hydroxylation is 1. The molecule has 1 aromatic rings. The van der Waals surface area contributed by atoms with Gasteiger partial charge in [-0.05, 0) is 44.4 Å². The number of fused-ring (bicyclic) bond motifs is 2. The van der Waals surface area contributed by atoms with E-state index in [0.717, 1.165) is 18.6 Å². The van der Waals surface area contributed by atoms with Crippen molar-refractivity contribution in [3.8, 4) is 0 Å². The summed E-state index contributed by atoms with van der Waals surface area (Å²) in [6.07, 6.45) is 4.97. The van der Waals surface area contributed by atoms with E-state index in [1.54, 1.807) is 13.1 Å². The minimum atomic E-state index is -0.218. The molecule has 2 fully saturated rings. The topological polar surface area (TPSA) is 76.3 Å². The third-order valence-corrected chi connectivity index (χ3v) is 6.46. The lowest BCUT2D eigenvalue weighted by molar-refractivity contribution is -0.121. The maximum Gasteiger partial charge on any atom is 0.261 e. The average molecular weight is 330 g/mol. The molecule has 1 heterocycles. The molecule has 1 N–H and O–H groups in total. The fourth-order valence-electron chi connectivity index (χ4n) is 4.35. The van der Waals surface area contributed by atoms with Gasteiger partial charge in [-0.3, -0.25) is 14.3 Å². The molecule has 6 heteroatoms. The SMILES string of the molecule is CC(=O)c1cn(CC(=O)NN=C2CC3CCC2(C)C3(C)C)nc1C. The van der Waals surface area contributed by atoms with Crippen LogP contribution in [0.4, 0.5) is 0 Å². The van der Waals surface area contributed by atoms with Gasteiger partial charge in [-0.15, -0.1) is 0 Å². The van der Waals surface area contributed by atoms with Gasteiger partial charge >= 0.3 is 0 Å². The van der Waals surface area contributed by atoms with Gasteiger partial charge in [-0.1, -0.05) is 20.8 Å². The van der Waals surface area contributed by atoms with Crippen LogP contribution in [0.25, 0.3) is 0 Å². The van der Waals surface area contributed by atoms with Crippen molar-refractivity contribution in [3.05, 3.63) is 17.5 Å².